The Labute approximate surface area is 93.1 Å². The van der Waals surface area contributed by atoms with Gasteiger partial charge in [-0.05, 0) is 18.1 Å². The van der Waals surface area contributed by atoms with Crippen molar-refractivity contribution in [3.63, 3.8) is 0 Å². The van der Waals surface area contributed by atoms with E-state index in [0.717, 1.165) is 5.56 Å². The fraction of sp³-hybridized carbons (Fsp3) is 0.250. The number of carbonyl (C=O) groups is 1. The molecule has 0 bridgehead atoms. The molecule has 0 atom stereocenters. The predicted molar refractivity (Wildman–Crippen MR) is 58.9 cm³/mol. The van der Waals surface area contributed by atoms with E-state index >= 15 is 0 Å². The zero-order valence-corrected chi connectivity index (χ0v) is 9.11. The number of carboxylic acid groups (broad SMARTS) is 1. The van der Waals surface area contributed by atoms with Crippen molar-refractivity contribution in [2.75, 3.05) is 14.2 Å². The van der Waals surface area contributed by atoms with Crippen LogP contribution < -0.4 is 9.47 Å². The Balaban J connectivity index is 2.57. The molecule has 0 spiro atoms. The van der Waals surface area contributed by atoms with E-state index in [2.05, 4.69) is 0 Å². The van der Waals surface area contributed by atoms with Gasteiger partial charge < -0.3 is 14.6 Å². The summed E-state index contributed by atoms with van der Waals surface area (Å²) in [4.78, 5) is 11.0. The molecular weight excluding hydrogens is 208 g/mol. The van der Waals surface area contributed by atoms with Gasteiger partial charge in [-0.1, -0.05) is 6.08 Å². The van der Waals surface area contributed by atoms with Crippen LogP contribution in [0.1, 0.15) is 11.1 Å². The van der Waals surface area contributed by atoms with Crippen molar-refractivity contribution in [2.45, 2.75) is 6.42 Å². The lowest BCUT2D eigenvalue weighted by molar-refractivity contribution is -0.130. The van der Waals surface area contributed by atoms with E-state index in [9.17, 15) is 4.79 Å². The van der Waals surface area contributed by atoms with Gasteiger partial charge in [-0.3, -0.25) is 0 Å². The SMILES string of the molecule is COc1cc(OC)c2c(c1)C(C(=O)O)=CC2. The summed E-state index contributed by atoms with van der Waals surface area (Å²) in [7, 11) is 3.11. The first-order chi connectivity index (χ1) is 7.67. The molecule has 16 heavy (non-hydrogen) atoms. The van der Waals surface area contributed by atoms with E-state index in [4.69, 9.17) is 14.6 Å². The van der Waals surface area contributed by atoms with Crippen molar-refractivity contribution in [3.05, 3.63) is 29.3 Å². The topological polar surface area (TPSA) is 55.8 Å². The van der Waals surface area contributed by atoms with Gasteiger partial charge >= 0.3 is 5.97 Å². The van der Waals surface area contributed by atoms with Gasteiger partial charge in [0.15, 0.2) is 0 Å². The maximum atomic E-state index is 11.0. The first-order valence-corrected chi connectivity index (χ1v) is 4.86. The summed E-state index contributed by atoms with van der Waals surface area (Å²) in [5.74, 6) is 0.348. The van der Waals surface area contributed by atoms with Crippen molar-refractivity contribution < 1.29 is 19.4 Å². The average molecular weight is 220 g/mol. The van der Waals surface area contributed by atoms with E-state index in [1.807, 2.05) is 0 Å². The van der Waals surface area contributed by atoms with Gasteiger partial charge in [0.1, 0.15) is 11.5 Å². The van der Waals surface area contributed by atoms with Crippen molar-refractivity contribution in [1.29, 1.82) is 0 Å². The number of aliphatic carboxylic acids is 1. The Morgan fingerprint density at radius 3 is 2.62 bits per heavy atom. The Morgan fingerprint density at radius 1 is 1.31 bits per heavy atom. The highest BCUT2D eigenvalue weighted by Gasteiger charge is 2.23. The minimum absolute atomic E-state index is 0.312. The lowest BCUT2D eigenvalue weighted by Crippen LogP contribution is -2.00. The molecule has 1 aromatic carbocycles. The number of ether oxygens (including phenoxy) is 2. The highest BCUT2D eigenvalue weighted by molar-refractivity contribution is 6.17. The van der Waals surface area contributed by atoms with Crippen molar-refractivity contribution in [3.8, 4) is 11.5 Å². The van der Waals surface area contributed by atoms with E-state index in [-0.39, 0.29) is 0 Å². The van der Waals surface area contributed by atoms with E-state index in [0.29, 0.717) is 29.1 Å². The normalized spacial score (nSPS) is 13.0. The number of allylic oxidation sites excluding steroid dienone is 1. The van der Waals surface area contributed by atoms with Crippen LogP contribution in [0.3, 0.4) is 0 Å². The van der Waals surface area contributed by atoms with E-state index < -0.39 is 5.97 Å². The van der Waals surface area contributed by atoms with Crippen LogP contribution in [0.4, 0.5) is 0 Å². The van der Waals surface area contributed by atoms with Crippen LogP contribution in [0.2, 0.25) is 0 Å². The second-order valence-corrected chi connectivity index (χ2v) is 3.48. The molecule has 84 valence electrons. The monoisotopic (exact) mass is 220 g/mol. The number of fused-ring (bicyclic) bond motifs is 1. The number of hydrogen-bond acceptors (Lipinski definition) is 3. The van der Waals surface area contributed by atoms with Crippen LogP contribution in [-0.2, 0) is 11.2 Å². The third-order valence-corrected chi connectivity index (χ3v) is 2.67. The number of methoxy groups -OCH3 is 2. The Morgan fingerprint density at radius 2 is 2.06 bits per heavy atom. The van der Waals surface area contributed by atoms with Crippen LogP contribution in [0.25, 0.3) is 5.57 Å². The minimum Gasteiger partial charge on any atom is -0.497 e. The average Bonchev–Trinajstić information content (AvgIpc) is 2.71. The molecule has 0 radical (unpaired) electrons. The summed E-state index contributed by atoms with van der Waals surface area (Å²) < 4.78 is 10.3. The lowest BCUT2D eigenvalue weighted by atomic mass is 10.0. The third-order valence-electron chi connectivity index (χ3n) is 2.67. The molecule has 0 fully saturated rings. The fourth-order valence-corrected chi connectivity index (χ4v) is 1.89. The molecule has 2 rings (SSSR count). The molecule has 1 aromatic rings. The predicted octanol–water partition coefficient (Wildman–Crippen LogP) is 1.73. The molecule has 0 amide bonds. The highest BCUT2D eigenvalue weighted by atomic mass is 16.5. The van der Waals surface area contributed by atoms with Crippen LogP contribution >= 0.6 is 0 Å². The van der Waals surface area contributed by atoms with Crippen molar-refractivity contribution in [2.24, 2.45) is 0 Å². The smallest absolute Gasteiger partial charge is 0.335 e. The molecule has 0 aliphatic heterocycles. The molecule has 0 unspecified atom stereocenters. The van der Waals surface area contributed by atoms with Gasteiger partial charge in [0, 0.05) is 11.6 Å². The number of rotatable bonds is 3. The van der Waals surface area contributed by atoms with Gasteiger partial charge in [0.25, 0.3) is 0 Å². The summed E-state index contributed by atoms with van der Waals surface area (Å²) in [6.45, 7) is 0. The Hall–Kier alpha value is -1.97. The molecule has 1 N–H and O–H groups in total. The summed E-state index contributed by atoms with van der Waals surface area (Å²) in [5, 5.41) is 9.04. The zero-order valence-electron chi connectivity index (χ0n) is 9.11. The molecular formula is C12H12O4. The van der Waals surface area contributed by atoms with Crippen molar-refractivity contribution >= 4 is 11.5 Å². The van der Waals surface area contributed by atoms with E-state index in [1.54, 1.807) is 32.4 Å². The molecule has 0 saturated heterocycles. The molecule has 0 heterocycles. The second-order valence-electron chi connectivity index (χ2n) is 3.48. The molecule has 4 nitrogen and oxygen atoms in total. The van der Waals surface area contributed by atoms with Gasteiger partial charge in [-0.25, -0.2) is 4.79 Å². The minimum atomic E-state index is -0.922. The Kier molecular flexibility index (Phi) is 2.56. The van der Waals surface area contributed by atoms with Crippen LogP contribution in [0, 0.1) is 0 Å². The first-order valence-electron chi connectivity index (χ1n) is 4.86. The van der Waals surface area contributed by atoms with Crippen molar-refractivity contribution in [1.82, 2.24) is 0 Å². The number of hydrogen-bond donors (Lipinski definition) is 1. The molecule has 1 aliphatic carbocycles. The first kappa shape index (κ1) is 10.5. The largest absolute Gasteiger partial charge is 0.497 e. The van der Waals surface area contributed by atoms with Gasteiger partial charge in [0.2, 0.25) is 0 Å². The molecule has 1 aliphatic rings. The summed E-state index contributed by atoms with van der Waals surface area (Å²) >= 11 is 0. The second kappa shape index (κ2) is 3.89. The summed E-state index contributed by atoms with van der Waals surface area (Å²) in [6, 6.07) is 3.49. The fourth-order valence-electron chi connectivity index (χ4n) is 1.89. The number of benzene rings is 1. The molecule has 0 saturated carbocycles. The lowest BCUT2D eigenvalue weighted by Gasteiger charge is -2.10. The Bertz CT molecular complexity index is 474. The standard InChI is InChI=1S/C12H12O4/c1-15-7-5-10-8(11(6-7)16-2)3-4-9(10)12(13)14/h4-6H,3H2,1-2H3,(H,13,14). The molecule has 0 aromatic heterocycles. The van der Waals surface area contributed by atoms with Crippen LogP contribution in [0.15, 0.2) is 18.2 Å². The quantitative estimate of drug-likeness (QED) is 0.842. The van der Waals surface area contributed by atoms with Crippen LogP contribution in [0.5, 0.6) is 11.5 Å². The van der Waals surface area contributed by atoms with E-state index in [1.165, 1.54) is 0 Å². The maximum absolute atomic E-state index is 11.0. The number of carboxylic acids is 1. The van der Waals surface area contributed by atoms with Gasteiger partial charge in [-0.2, -0.15) is 0 Å². The third kappa shape index (κ3) is 1.52. The summed E-state index contributed by atoms with van der Waals surface area (Å²) in [6.07, 6.45) is 2.28. The maximum Gasteiger partial charge on any atom is 0.335 e. The highest BCUT2D eigenvalue weighted by Crippen LogP contribution is 2.37. The van der Waals surface area contributed by atoms with Gasteiger partial charge in [-0.15, -0.1) is 0 Å². The van der Waals surface area contributed by atoms with Gasteiger partial charge in [0.05, 0.1) is 19.8 Å². The molecule has 4 heteroatoms. The van der Waals surface area contributed by atoms with Crippen LogP contribution in [-0.4, -0.2) is 25.3 Å². The zero-order chi connectivity index (χ0) is 11.7. The summed E-state index contributed by atoms with van der Waals surface area (Å²) in [5.41, 5.74) is 1.90.